The van der Waals surface area contributed by atoms with Crippen molar-refractivity contribution in [2.45, 2.75) is 46.5 Å². The Bertz CT molecular complexity index is 1140. The van der Waals surface area contributed by atoms with Crippen LogP contribution in [0.5, 0.6) is 0 Å². The average molecular weight is 431 g/mol. The van der Waals surface area contributed by atoms with Crippen LogP contribution in [0.4, 0.5) is 11.5 Å². The van der Waals surface area contributed by atoms with Crippen molar-refractivity contribution in [1.29, 1.82) is 0 Å². The second-order valence-corrected chi connectivity index (χ2v) is 9.47. The highest BCUT2D eigenvalue weighted by Crippen LogP contribution is 2.46. The maximum absolute atomic E-state index is 13.5. The summed E-state index contributed by atoms with van der Waals surface area (Å²) >= 11 is 0. The van der Waals surface area contributed by atoms with Crippen molar-refractivity contribution in [2.24, 2.45) is 5.41 Å². The van der Waals surface area contributed by atoms with Gasteiger partial charge in [-0.2, -0.15) is 0 Å². The number of carbonyl (C=O) groups excluding carboxylic acids is 2. The van der Waals surface area contributed by atoms with Crippen LogP contribution in [-0.4, -0.2) is 23.7 Å². The third-order valence-corrected chi connectivity index (χ3v) is 6.17. The van der Waals surface area contributed by atoms with E-state index in [1.807, 2.05) is 57.3 Å². The second-order valence-electron chi connectivity index (χ2n) is 9.47. The molecule has 0 spiro atoms. The molecule has 2 aliphatic rings. The Morgan fingerprint density at radius 2 is 1.84 bits per heavy atom. The zero-order valence-electron chi connectivity index (χ0n) is 19.3. The van der Waals surface area contributed by atoms with Crippen LogP contribution >= 0.6 is 0 Å². The van der Waals surface area contributed by atoms with Gasteiger partial charge < -0.3 is 16.0 Å². The summed E-state index contributed by atoms with van der Waals surface area (Å²) in [6.45, 7) is 8.08. The number of amides is 1. The van der Waals surface area contributed by atoms with Gasteiger partial charge in [0.25, 0.3) is 5.91 Å². The molecule has 6 nitrogen and oxygen atoms in total. The lowest BCUT2D eigenvalue weighted by Crippen LogP contribution is -2.39. The summed E-state index contributed by atoms with van der Waals surface area (Å²) in [5.41, 5.74) is 5.74. The standard InChI is InChI=1S/C26H30N4O2/c1-15-10-11-28-21(12-15)30-25(32)22-16(2)29-19-13-26(3,4)14-20(31)24(19)23(22)17-6-8-18(27-5)9-7-17/h6-12,23,27,29H,13-14H2,1-5H3,(H,28,30,32). The first kappa shape index (κ1) is 21.8. The maximum Gasteiger partial charge on any atom is 0.255 e. The van der Waals surface area contributed by atoms with Gasteiger partial charge in [0.1, 0.15) is 5.82 Å². The Kier molecular flexibility index (Phi) is 5.63. The van der Waals surface area contributed by atoms with Gasteiger partial charge in [-0.05, 0) is 61.1 Å². The van der Waals surface area contributed by atoms with E-state index in [9.17, 15) is 9.59 Å². The predicted molar refractivity (Wildman–Crippen MR) is 127 cm³/mol. The van der Waals surface area contributed by atoms with Crippen molar-refractivity contribution in [3.63, 3.8) is 0 Å². The third kappa shape index (κ3) is 4.17. The lowest BCUT2D eigenvalue weighted by atomic mass is 9.68. The average Bonchev–Trinajstić information content (AvgIpc) is 2.71. The van der Waals surface area contributed by atoms with Gasteiger partial charge in [-0.3, -0.25) is 9.59 Å². The van der Waals surface area contributed by atoms with Crippen molar-refractivity contribution in [1.82, 2.24) is 10.3 Å². The smallest absolute Gasteiger partial charge is 0.255 e. The molecule has 1 atom stereocenters. The summed E-state index contributed by atoms with van der Waals surface area (Å²) in [5.74, 6) is -0.0843. The largest absolute Gasteiger partial charge is 0.388 e. The van der Waals surface area contributed by atoms with E-state index in [0.29, 0.717) is 23.4 Å². The molecule has 1 aromatic heterocycles. The Labute approximate surface area is 189 Å². The van der Waals surface area contributed by atoms with Crippen molar-refractivity contribution in [3.05, 3.63) is 76.3 Å². The lowest BCUT2D eigenvalue weighted by molar-refractivity contribution is -0.118. The summed E-state index contributed by atoms with van der Waals surface area (Å²) in [7, 11) is 1.87. The number of aryl methyl sites for hydroxylation is 1. The molecule has 1 aromatic carbocycles. The summed E-state index contributed by atoms with van der Waals surface area (Å²) < 4.78 is 0. The molecular weight excluding hydrogens is 400 g/mol. The Balaban J connectivity index is 1.80. The van der Waals surface area contributed by atoms with Crippen molar-refractivity contribution in [3.8, 4) is 0 Å². The molecule has 0 saturated heterocycles. The number of pyridine rings is 1. The van der Waals surface area contributed by atoms with Gasteiger partial charge in [0, 0.05) is 53.8 Å². The molecule has 2 heterocycles. The molecule has 1 amide bonds. The van der Waals surface area contributed by atoms with E-state index >= 15 is 0 Å². The number of anilines is 2. The fraction of sp³-hybridized carbons (Fsp3) is 0.346. The molecular formula is C26H30N4O2. The van der Waals surface area contributed by atoms with E-state index in [1.165, 1.54) is 0 Å². The number of rotatable bonds is 4. The minimum absolute atomic E-state index is 0.0953. The fourth-order valence-corrected chi connectivity index (χ4v) is 4.70. The maximum atomic E-state index is 13.5. The number of hydrogen-bond acceptors (Lipinski definition) is 5. The number of Topliss-reactive ketones (excluding diaryl/α,β-unsaturated/α-hetero) is 1. The minimum atomic E-state index is -0.425. The summed E-state index contributed by atoms with van der Waals surface area (Å²) in [6.07, 6.45) is 2.91. The van der Waals surface area contributed by atoms with E-state index in [1.54, 1.807) is 6.20 Å². The number of carbonyl (C=O) groups is 2. The van der Waals surface area contributed by atoms with E-state index in [2.05, 4.69) is 34.8 Å². The van der Waals surface area contributed by atoms with Crippen LogP contribution in [0.25, 0.3) is 0 Å². The molecule has 0 saturated carbocycles. The first-order chi connectivity index (χ1) is 15.2. The second kappa shape index (κ2) is 8.26. The Hall–Kier alpha value is -3.41. The van der Waals surface area contributed by atoms with Gasteiger partial charge in [0.05, 0.1) is 0 Å². The van der Waals surface area contributed by atoms with Crippen LogP contribution in [0, 0.1) is 12.3 Å². The molecule has 1 aliphatic carbocycles. The van der Waals surface area contributed by atoms with E-state index in [4.69, 9.17) is 0 Å². The topological polar surface area (TPSA) is 83.1 Å². The quantitative estimate of drug-likeness (QED) is 0.656. The zero-order chi connectivity index (χ0) is 23.0. The van der Waals surface area contributed by atoms with Crippen molar-refractivity contribution >= 4 is 23.2 Å². The monoisotopic (exact) mass is 430 g/mol. The highest BCUT2D eigenvalue weighted by molar-refractivity contribution is 6.09. The first-order valence-electron chi connectivity index (χ1n) is 10.9. The van der Waals surface area contributed by atoms with E-state index in [0.717, 1.165) is 34.6 Å². The van der Waals surface area contributed by atoms with Gasteiger partial charge in [-0.25, -0.2) is 4.98 Å². The molecule has 6 heteroatoms. The van der Waals surface area contributed by atoms with Crippen molar-refractivity contribution in [2.75, 3.05) is 17.7 Å². The Morgan fingerprint density at radius 1 is 1.12 bits per heavy atom. The molecule has 2 aromatic rings. The number of nitrogens with zero attached hydrogens (tertiary/aromatic N) is 1. The van der Waals surface area contributed by atoms with Crippen molar-refractivity contribution < 1.29 is 9.59 Å². The molecule has 4 rings (SSSR count). The number of dihydropyridines is 1. The number of benzene rings is 1. The van der Waals surface area contributed by atoms with E-state index < -0.39 is 5.92 Å². The van der Waals surface area contributed by atoms with Crippen LogP contribution in [0.1, 0.15) is 50.7 Å². The number of allylic oxidation sites excluding steroid dienone is 3. The molecule has 0 radical (unpaired) electrons. The fourth-order valence-electron chi connectivity index (χ4n) is 4.70. The zero-order valence-corrected chi connectivity index (χ0v) is 19.3. The molecule has 0 bridgehead atoms. The van der Waals surface area contributed by atoms with Crippen LogP contribution in [0.3, 0.4) is 0 Å². The van der Waals surface area contributed by atoms with Gasteiger partial charge in [-0.1, -0.05) is 26.0 Å². The molecule has 1 aliphatic heterocycles. The van der Waals surface area contributed by atoms with Crippen LogP contribution in [0.15, 0.2) is 65.1 Å². The Morgan fingerprint density at radius 3 is 2.50 bits per heavy atom. The number of nitrogens with one attached hydrogen (secondary N) is 3. The van der Waals surface area contributed by atoms with Crippen LogP contribution in [-0.2, 0) is 9.59 Å². The predicted octanol–water partition coefficient (Wildman–Crippen LogP) is 4.67. The number of hydrogen-bond donors (Lipinski definition) is 3. The highest BCUT2D eigenvalue weighted by atomic mass is 16.2. The van der Waals surface area contributed by atoms with E-state index in [-0.39, 0.29) is 17.1 Å². The summed E-state index contributed by atoms with van der Waals surface area (Å²) in [5, 5.41) is 9.46. The number of ketones is 1. The molecule has 1 unspecified atom stereocenters. The molecule has 0 fully saturated rings. The lowest BCUT2D eigenvalue weighted by Gasteiger charge is -2.39. The minimum Gasteiger partial charge on any atom is -0.388 e. The van der Waals surface area contributed by atoms with Crippen LogP contribution < -0.4 is 16.0 Å². The summed E-state index contributed by atoms with van der Waals surface area (Å²) in [4.78, 5) is 31.1. The van der Waals surface area contributed by atoms with Gasteiger partial charge >= 0.3 is 0 Å². The third-order valence-electron chi connectivity index (χ3n) is 6.17. The molecule has 166 valence electrons. The van der Waals surface area contributed by atoms with Gasteiger partial charge in [0.2, 0.25) is 0 Å². The van der Waals surface area contributed by atoms with Gasteiger partial charge in [-0.15, -0.1) is 0 Å². The first-order valence-corrected chi connectivity index (χ1v) is 10.9. The molecule has 3 N–H and O–H groups in total. The highest BCUT2D eigenvalue weighted by Gasteiger charge is 2.42. The van der Waals surface area contributed by atoms with Crippen LogP contribution in [0.2, 0.25) is 0 Å². The SMILES string of the molecule is CNc1ccc(C2C(C(=O)Nc3cc(C)ccn3)=C(C)NC3=C2C(=O)CC(C)(C)C3)cc1. The summed E-state index contributed by atoms with van der Waals surface area (Å²) in [6, 6.07) is 11.6. The number of aromatic nitrogens is 1. The molecule has 32 heavy (non-hydrogen) atoms. The van der Waals surface area contributed by atoms with Gasteiger partial charge in [0.15, 0.2) is 5.78 Å². The normalized spacial score (nSPS) is 19.9.